The van der Waals surface area contributed by atoms with Gasteiger partial charge in [0.15, 0.2) is 0 Å². The van der Waals surface area contributed by atoms with Crippen LogP contribution in [0.15, 0.2) is 11.3 Å². The van der Waals surface area contributed by atoms with Gasteiger partial charge in [0.05, 0.1) is 12.4 Å². The third-order valence-corrected chi connectivity index (χ3v) is 1.98. The average Bonchev–Trinajstić information content (AvgIpc) is 2.12. The van der Waals surface area contributed by atoms with Crippen molar-refractivity contribution in [3.8, 4) is 0 Å². The highest BCUT2D eigenvalue weighted by molar-refractivity contribution is 5.13. The molecule has 52 valence electrons. The number of rotatable bonds is 1. The van der Waals surface area contributed by atoms with Crippen molar-refractivity contribution in [3.05, 3.63) is 11.3 Å². The molecule has 1 rings (SSSR count). The lowest BCUT2D eigenvalue weighted by molar-refractivity contribution is 0.225. The van der Waals surface area contributed by atoms with Crippen molar-refractivity contribution in [2.45, 2.75) is 27.2 Å². The predicted molar refractivity (Wildman–Crippen MR) is 38.1 cm³/mol. The monoisotopic (exact) mass is 126 g/mol. The zero-order chi connectivity index (χ0) is 6.85. The van der Waals surface area contributed by atoms with Crippen LogP contribution in [-0.2, 0) is 4.74 Å². The molecule has 9 heavy (non-hydrogen) atoms. The lowest BCUT2D eigenvalue weighted by atomic mass is 10.0. The maximum Gasteiger partial charge on any atom is 0.0941 e. The quantitative estimate of drug-likeness (QED) is 0.524. The van der Waals surface area contributed by atoms with E-state index in [9.17, 15) is 0 Å². The summed E-state index contributed by atoms with van der Waals surface area (Å²) in [6.45, 7) is 7.36. The molecule has 0 aromatic carbocycles. The van der Waals surface area contributed by atoms with Gasteiger partial charge in [0.25, 0.3) is 0 Å². The van der Waals surface area contributed by atoms with Gasteiger partial charge in [0.1, 0.15) is 0 Å². The standard InChI is InChI=1S/C8H14O/c1-4-8-6(2)5-9-7(8)3/h6H,4-5H2,1-3H3. The van der Waals surface area contributed by atoms with E-state index in [-0.39, 0.29) is 0 Å². The molecule has 1 nitrogen and oxygen atoms in total. The Balaban J connectivity index is 2.69. The summed E-state index contributed by atoms with van der Waals surface area (Å²) in [5, 5.41) is 0. The average molecular weight is 126 g/mol. The largest absolute Gasteiger partial charge is 0.498 e. The van der Waals surface area contributed by atoms with Crippen LogP contribution in [0.3, 0.4) is 0 Å². The van der Waals surface area contributed by atoms with E-state index in [1.807, 2.05) is 0 Å². The molecule has 0 aliphatic carbocycles. The fourth-order valence-corrected chi connectivity index (χ4v) is 1.39. The first-order valence-corrected chi connectivity index (χ1v) is 3.58. The SMILES string of the molecule is CCC1=C(C)OCC1C. The van der Waals surface area contributed by atoms with Crippen LogP contribution < -0.4 is 0 Å². The first kappa shape index (κ1) is 6.66. The summed E-state index contributed by atoms with van der Waals surface area (Å²) in [4.78, 5) is 0. The van der Waals surface area contributed by atoms with Crippen LogP contribution in [0.4, 0.5) is 0 Å². The second kappa shape index (κ2) is 2.42. The van der Waals surface area contributed by atoms with Gasteiger partial charge < -0.3 is 4.74 Å². The molecule has 0 aromatic rings. The summed E-state index contributed by atoms with van der Waals surface area (Å²) in [5.41, 5.74) is 1.50. The van der Waals surface area contributed by atoms with Gasteiger partial charge >= 0.3 is 0 Å². The van der Waals surface area contributed by atoms with Crippen LogP contribution in [0, 0.1) is 5.92 Å². The van der Waals surface area contributed by atoms with Crippen LogP contribution in [0.5, 0.6) is 0 Å². The summed E-state index contributed by atoms with van der Waals surface area (Å²) in [6.07, 6.45) is 1.15. The van der Waals surface area contributed by atoms with Gasteiger partial charge in [0.2, 0.25) is 0 Å². The van der Waals surface area contributed by atoms with Crippen molar-refractivity contribution >= 4 is 0 Å². The minimum absolute atomic E-state index is 0.662. The van der Waals surface area contributed by atoms with Crippen LogP contribution in [0.2, 0.25) is 0 Å². The molecule has 0 N–H and O–H groups in total. The van der Waals surface area contributed by atoms with Crippen LogP contribution in [0.25, 0.3) is 0 Å². The van der Waals surface area contributed by atoms with Crippen molar-refractivity contribution in [3.63, 3.8) is 0 Å². The second-order valence-electron chi connectivity index (χ2n) is 2.65. The van der Waals surface area contributed by atoms with Crippen molar-refractivity contribution in [2.75, 3.05) is 6.61 Å². The Morgan fingerprint density at radius 2 is 2.33 bits per heavy atom. The second-order valence-corrected chi connectivity index (χ2v) is 2.65. The van der Waals surface area contributed by atoms with E-state index < -0.39 is 0 Å². The summed E-state index contributed by atoms with van der Waals surface area (Å²) >= 11 is 0. The van der Waals surface area contributed by atoms with E-state index >= 15 is 0 Å². The Labute approximate surface area is 56.7 Å². The van der Waals surface area contributed by atoms with Gasteiger partial charge in [-0.05, 0) is 18.9 Å². The third kappa shape index (κ3) is 1.09. The molecule has 0 spiro atoms. The van der Waals surface area contributed by atoms with E-state index in [4.69, 9.17) is 4.74 Å². The summed E-state index contributed by atoms with van der Waals surface area (Å²) in [6, 6.07) is 0. The molecule has 1 heterocycles. The molecular formula is C8H14O. The molecule has 1 atom stereocenters. The highest BCUT2D eigenvalue weighted by Crippen LogP contribution is 2.26. The number of allylic oxidation sites excluding steroid dienone is 1. The molecule has 1 aliphatic rings. The van der Waals surface area contributed by atoms with E-state index in [1.54, 1.807) is 0 Å². The van der Waals surface area contributed by atoms with E-state index in [2.05, 4.69) is 20.8 Å². The molecule has 0 radical (unpaired) electrons. The highest BCUT2D eigenvalue weighted by Gasteiger charge is 2.17. The molecular weight excluding hydrogens is 112 g/mol. The normalized spacial score (nSPS) is 26.8. The molecule has 1 heteroatoms. The van der Waals surface area contributed by atoms with Crippen molar-refractivity contribution in [2.24, 2.45) is 5.92 Å². The van der Waals surface area contributed by atoms with Gasteiger partial charge in [-0.3, -0.25) is 0 Å². The van der Waals surface area contributed by atoms with E-state index in [1.165, 1.54) is 5.57 Å². The summed E-state index contributed by atoms with van der Waals surface area (Å²) < 4.78 is 5.35. The fraction of sp³-hybridized carbons (Fsp3) is 0.750. The molecule has 0 amide bonds. The van der Waals surface area contributed by atoms with Crippen molar-refractivity contribution < 1.29 is 4.74 Å². The Bertz CT molecular complexity index is 136. The Kier molecular flexibility index (Phi) is 1.79. The fourth-order valence-electron chi connectivity index (χ4n) is 1.39. The number of hydrogen-bond acceptors (Lipinski definition) is 1. The number of hydrogen-bond donors (Lipinski definition) is 0. The van der Waals surface area contributed by atoms with Gasteiger partial charge in [-0.15, -0.1) is 0 Å². The lowest BCUT2D eigenvalue weighted by Crippen LogP contribution is -1.96. The highest BCUT2D eigenvalue weighted by atomic mass is 16.5. The smallest absolute Gasteiger partial charge is 0.0941 e. The third-order valence-electron chi connectivity index (χ3n) is 1.98. The summed E-state index contributed by atoms with van der Waals surface area (Å²) in [7, 11) is 0. The minimum atomic E-state index is 0.662. The topological polar surface area (TPSA) is 9.23 Å². The number of ether oxygens (including phenoxy) is 1. The first-order valence-electron chi connectivity index (χ1n) is 3.58. The van der Waals surface area contributed by atoms with Gasteiger partial charge in [-0.1, -0.05) is 13.8 Å². The Morgan fingerprint density at radius 1 is 1.67 bits per heavy atom. The summed E-state index contributed by atoms with van der Waals surface area (Å²) in [5.74, 6) is 1.82. The maximum atomic E-state index is 5.35. The molecule has 0 saturated heterocycles. The van der Waals surface area contributed by atoms with Gasteiger partial charge in [-0.2, -0.15) is 0 Å². The molecule has 1 aliphatic heterocycles. The minimum Gasteiger partial charge on any atom is -0.498 e. The molecule has 1 unspecified atom stereocenters. The van der Waals surface area contributed by atoms with Crippen LogP contribution >= 0.6 is 0 Å². The van der Waals surface area contributed by atoms with Crippen LogP contribution in [0.1, 0.15) is 27.2 Å². The predicted octanol–water partition coefficient (Wildman–Crippen LogP) is 2.34. The molecule has 0 saturated carbocycles. The van der Waals surface area contributed by atoms with Crippen molar-refractivity contribution in [1.82, 2.24) is 0 Å². The zero-order valence-corrected chi connectivity index (χ0v) is 6.40. The lowest BCUT2D eigenvalue weighted by Gasteiger charge is -2.00. The van der Waals surface area contributed by atoms with Crippen LogP contribution in [-0.4, -0.2) is 6.61 Å². The molecule has 0 aromatic heterocycles. The van der Waals surface area contributed by atoms with Gasteiger partial charge in [0, 0.05) is 5.92 Å². The van der Waals surface area contributed by atoms with E-state index in [0.29, 0.717) is 5.92 Å². The molecule has 0 fully saturated rings. The van der Waals surface area contributed by atoms with Crippen molar-refractivity contribution in [1.29, 1.82) is 0 Å². The van der Waals surface area contributed by atoms with Gasteiger partial charge in [-0.25, -0.2) is 0 Å². The Hall–Kier alpha value is -0.460. The van der Waals surface area contributed by atoms with E-state index in [0.717, 1.165) is 18.8 Å². The maximum absolute atomic E-state index is 5.35. The first-order chi connectivity index (χ1) is 4.25. The Morgan fingerprint density at radius 3 is 2.56 bits per heavy atom. The molecule has 0 bridgehead atoms. The zero-order valence-electron chi connectivity index (χ0n) is 6.40.